The van der Waals surface area contributed by atoms with Crippen molar-refractivity contribution in [2.24, 2.45) is 0 Å². The number of carbonyl (C=O) groups excluding carboxylic acids is 1. The van der Waals surface area contributed by atoms with Crippen LogP contribution in [0.4, 0.5) is 0 Å². The minimum Gasteiger partial charge on any atom is -0.495 e. The molecule has 0 aliphatic heterocycles. The van der Waals surface area contributed by atoms with Crippen molar-refractivity contribution >= 4 is 16.7 Å². The standard InChI is InChI=1S/C17H18N2O3/c1-10-14(12(3)22-18-10)8-19-9-15(11(2)20)13-6-5-7-16(21-4)17(13)19/h5-7,9H,8H2,1-4H3. The van der Waals surface area contributed by atoms with E-state index >= 15 is 0 Å². The smallest absolute Gasteiger partial charge is 0.161 e. The number of ether oxygens (including phenoxy) is 1. The van der Waals surface area contributed by atoms with Crippen LogP contribution in [0.1, 0.15) is 34.3 Å². The Morgan fingerprint density at radius 1 is 1.36 bits per heavy atom. The van der Waals surface area contributed by atoms with Crippen molar-refractivity contribution in [3.05, 3.63) is 47.0 Å². The van der Waals surface area contributed by atoms with Gasteiger partial charge < -0.3 is 13.8 Å². The van der Waals surface area contributed by atoms with Gasteiger partial charge >= 0.3 is 0 Å². The lowest BCUT2D eigenvalue weighted by Crippen LogP contribution is -2.01. The highest BCUT2D eigenvalue weighted by Gasteiger charge is 2.18. The molecule has 0 atom stereocenters. The molecule has 0 spiro atoms. The lowest BCUT2D eigenvalue weighted by molar-refractivity contribution is 0.101. The summed E-state index contributed by atoms with van der Waals surface area (Å²) in [6.07, 6.45) is 1.88. The van der Waals surface area contributed by atoms with E-state index in [1.807, 2.05) is 42.8 Å². The van der Waals surface area contributed by atoms with Gasteiger partial charge in [0.25, 0.3) is 0 Å². The number of rotatable bonds is 4. The first kappa shape index (κ1) is 14.4. The number of para-hydroxylation sites is 1. The van der Waals surface area contributed by atoms with Crippen LogP contribution in [-0.4, -0.2) is 22.6 Å². The summed E-state index contributed by atoms with van der Waals surface area (Å²) in [5, 5.41) is 4.89. The normalized spacial score (nSPS) is 11.1. The Labute approximate surface area is 128 Å². The minimum absolute atomic E-state index is 0.0377. The van der Waals surface area contributed by atoms with Crippen LogP contribution in [0.2, 0.25) is 0 Å². The van der Waals surface area contributed by atoms with E-state index in [0.29, 0.717) is 12.1 Å². The molecule has 0 saturated carbocycles. The number of aromatic nitrogens is 2. The third kappa shape index (κ3) is 2.19. The average molecular weight is 298 g/mol. The quantitative estimate of drug-likeness (QED) is 0.692. The fourth-order valence-corrected chi connectivity index (χ4v) is 2.79. The molecule has 0 bridgehead atoms. The van der Waals surface area contributed by atoms with Gasteiger partial charge in [-0.2, -0.15) is 0 Å². The van der Waals surface area contributed by atoms with E-state index in [9.17, 15) is 4.79 Å². The lowest BCUT2D eigenvalue weighted by Gasteiger charge is -2.08. The predicted molar refractivity (Wildman–Crippen MR) is 83.6 cm³/mol. The SMILES string of the molecule is COc1cccc2c(C(C)=O)cn(Cc3c(C)noc3C)c12. The van der Waals surface area contributed by atoms with Crippen LogP contribution in [0.5, 0.6) is 5.75 Å². The first-order chi connectivity index (χ1) is 10.5. The molecule has 0 N–H and O–H groups in total. The van der Waals surface area contributed by atoms with Crippen molar-refractivity contribution in [1.29, 1.82) is 0 Å². The maximum Gasteiger partial charge on any atom is 0.161 e. The van der Waals surface area contributed by atoms with E-state index in [0.717, 1.165) is 33.7 Å². The van der Waals surface area contributed by atoms with Crippen LogP contribution in [0.25, 0.3) is 10.9 Å². The Morgan fingerprint density at radius 3 is 2.73 bits per heavy atom. The summed E-state index contributed by atoms with van der Waals surface area (Å²) >= 11 is 0. The van der Waals surface area contributed by atoms with Gasteiger partial charge in [-0.05, 0) is 26.8 Å². The highest BCUT2D eigenvalue weighted by molar-refractivity contribution is 6.08. The largest absolute Gasteiger partial charge is 0.495 e. The monoisotopic (exact) mass is 298 g/mol. The van der Waals surface area contributed by atoms with Crippen molar-refractivity contribution in [3.8, 4) is 5.75 Å². The number of nitrogens with zero attached hydrogens (tertiary/aromatic N) is 2. The number of ketones is 1. The predicted octanol–water partition coefficient (Wildman–Crippen LogP) is 3.51. The second-order valence-corrected chi connectivity index (χ2v) is 5.39. The van der Waals surface area contributed by atoms with Crippen LogP contribution in [-0.2, 0) is 6.54 Å². The molecule has 0 fully saturated rings. The van der Waals surface area contributed by atoms with Gasteiger partial charge in [-0.25, -0.2) is 0 Å². The second-order valence-electron chi connectivity index (χ2n) is 5.39. The van der Waals surface area contributed by atoms with Crippen LogP contribution < -0.4 is 4.74 Å². The molecule has 1 aromatic carbocycles. The molecule has 114 valence electrons. The zero-order chi connectivity index (χ0) is 15.9. The van der Waals surface area contributed by atoms with Gasteiger partial charge in [0.2, 0.25) is 0 Å². The Kier molecular flexibility index (Phi) is 3.48. The number of hydrogen-bond acceptors (Lipinski definition) is 4. The minimum atomic E-state index is 0.0377. The van der Waals surface area contributed by atoms with Crippen molar-refractivity contribution < 1.29 is 14.1 Å². The molecule has 5 nitrogen and oxygen atoms in total. The molecule has 5 heteroatoms. The summed E-state index contributed by atoms with van der Waals surface area (Å²) in [5.74, 6) is 1.58. The maximum absolute atomic E-state index is 11.9. The zero-order valence-electron chi connectivity index (χ0n) is 13.1. The number of fused-ring (bicyclic) bond motifs is 1. The topological polar surface area (TPSA) is 57.3 Å². The number of methoxy groups -OCH3 is 1. The van der Waals surface area contributed by atoms with Crippen LogP contribution in [0.3, 0.4) is 0 Å². The number of benzene rings is 1. The maximum atomic E-state index is 11.9. The summed E-state index contributed by atoms with van der Waals surface area (Å²) in [7, 11) is 1.63. The molecule has 0 unspecified atom stereocenters. The van der Waals surface area contributed by atoms with Crippen molar-refractivity contribution in [3.63, 3.8) is 0 Å². The molecule has 0 aliphatic rings. The first-order valence-corrected chi connectivity index (χ1v) is 7.11. The average Bonchev–Trinajstić information content (AvgIpc) is 3.02. The van der Waals surface area contributed by atoms with Crippen LogP contribution in [0.15, 0.2) is 28.9 Å². The molecular formula is C17H18N2O3. The molecule has 3 rings (SSSR count). The molecule has 0 amide bonds. The van der Waals surface area contributed by atoms with E-state index in [1.165, 1.54) is 0 Å². The third-order valence-electron chi connectivity index (χ3n) is 3.97. The molecule has 0 radical (unpaired) electrons. The van der Waals surface area contributed by atoms with E-state index < -0.39 is 0 Å². The van der Waals surface area contributed by atoms with Gasteiger partial charge in [-0.3, -0.25) is 4.79 Å². The molecule has 22 heavy (non-hydrogen) atoms. The number of Topliss-reactive ketones (excluding diaryl/α,β-unsaturated/α-hetero) is 1. The van der Waals surface area contributed by atoms with Gasteiger partial charge in [-0.1, -0.05) is 17.3 Å². The van der Waals surface area contributed by atoms with Gasteiger partial charge in [0.15, 0.2) is 5.78 Å². The number of hydrogen-bond donors (Lipinski definition) is 0. The van der Waals surface area contributed by atoms with E-state index in [1.54, 1.807) is 14.0 Å². The fourth-order valence-electron chi connectivity index (χ4n) is 2.79. The Morgan fingerprint density at radius 2 is 2.14 bits per heavy atom. The van der Waals surface area contributed by atoms with E-state index in [2.05, 4.69) is 5.16 Å². The Hall–Kier alpha value is -2.56. The van der Waals surface area contributed by atoms with Crippen molar-refractivity contribution in [2.45, 2.75) is 27.3 Å². The summed E-state index contributed by atoms with van der Waals surface area (Å²) < 4.78 is 12.7. The van der Waals surface area contributed by atoms with E-state index in [-0.39, 0.29) is 5.78 Å². The van der Waals surface area contributed by atoms with Crippen molar-refractivity contribution in [2.75, 3.05) is 7.11 Å². The molecule has 0 aliphatic carbocycles. The molecule has 2 heterocycles. The zero-order valence-corrected chi connectivity index (χ0v) is 13.1. The highest BCUT2D eigenvalue weighted by Crippen LogP contribution is 2.31. The van der Waals surface area contributed by atoms with Gasteiger partial charge in [0.05, 0.1) is 24.9 Å². The molecule has 3 aromatic rings. The molecule has 0 saturated heterocycles. The van der Waals surface area contributed by atoms with Crippen LogP contribution in [0, 0.1) is 13.8 Å². The number of aryl methyl sites for hydroxylation is 2. The van der Waals surface area contributed by atoms with Gasteiger partial charge in [0, 0.05) is 22.7 Å². The summed E-state index contributed by atoms with van der Waals surface area (Å²) in [6, 6.07) is 5.74. The first-order valence-electron chi connectivity index (χ1n) is 7.11. The van der Waals surface area contributed by atoms with Gasteiger partial charge in [-0.15, -0.1) is 0 Å². The second kappa shape index (κ2) is 5.33. The molecule has 2 aromatic heterocycles. The summed E-state index contributed by atoms with van der Waals surface area (Å²) in [6.45, 7) is 5.98. The number of carbonyl (C=O) groups is 1. The third-order valence-corrected chi connectivity index (χ3v) is 3.97. The van der Waals surface area contributed by atoms with Crippen LogP contribution >= 0.6 is 0 Å². The Bertz CT molecular complexity index is 839. The Balaban J connectivity index is 2.23. The fraction of sp³-hybridized carbons (Fsp3) is 0.294. The highest BCUT2D eigenvalue weighted by atomic mass is 16.5. The van der Waals surface area contributed by atoms with Gasteiger partial charge in [0.1, 0.15) is 11.5 Å². The lowest BCUT2D eigenvalue weighted by atomic mass is 10.1. The molecular weight excluding hydrogens is 280 g/mol. The van der Waals surface area contributed by atoms with E-state index in [4.69, 9.17) is 9.26 Å². The van der Waals surface area contributed by atoms with Crippen molar-refractivity contribution in [1.82, 2.24) is 9.72 Å². The summed E-state index contributed by atoms with van der Waals surface area (Å²) in [5.41, 5.74) is 3.49. The summed E-state index contributed by atoms with van der Waals surface area (Å²) in [4.78, 5) is 11.9.